The van der Waals surface area contributed by atoms with Crippen molar-refractivity contribution in [3.8, 4) is 0 Å². The highest BCUT2D eigenvalue weighted by Gasteiger charge is 2.17. The lowest BCUT2D eigenvalue weighted by Crippen LogP contribution is -2.07. The van der Waals surface area contributed by atoms with Crippen LogP contribution in [0.15, 0.2) is 18.2 Å². The molecule has 1 unspecified atom stereocenters. The molecule has 0 saturated heterocycles. The van der Waals surface area contributed by atoms with Gasteiger partial charge < -0.3 is 5.73 Å². The lowest BCUT2D eigenvalue weighted by atomic mass is 10.2. The average Bonchev–Trinajstić information content (AvgIpc) is 2.27. The summed E-state index contributed by atoms with van der Waals surface area (Å²) < 4.78 is 0. The Hall–Kier alpha value is -0.780. The zero-order valence-electron chi connectivity index (χ0n) is 9.56. The SMILES string of the molecule is CC(CCN)SCc1c(Cl)cccc1[N+](=O)[O-]. The van der Waals surface area contributed by atoms with Crippen molar-refractivity contribution in [1.29, 1.82) is 0 Å². The number of hydrogen-bond acceptors (Lipinski definition) is 4. The first-order valence-electron chi connectivity index (χ1n) is 5.29. The van der Waals surface area contributed by atoms with Crippen LogP contribution < -0.4 is 5.73 Å². The zero-order valence-corrected chi connectivity index (χ0v) is 11.1. The van der Waals surface area contributed by atoms with E-state index in [9.17, 15) is 10.1 Å². The maximum atomic E-state index is 10.9. The number of nitrogens with two attached hydrogens (primary N) is 1. The van der Waals surface area contributed by atoms with E-state index in [2.05, 4.69) is 6.92 Å². The highest BCUT2D eigenvalue weighted by Crippen LogP contribution is 2.31. The van der Waals surface area contributed by atoms with Gasteiger partial charge in [-0.3, -0.25) is 10.1 Å². The normalized spacial score (nSPS) is 12.4. The molecule has 1 aromatic rings. The number of halogens is 1. The van der Waals surface area contributed by atoms with Gasteiger partial charge in [-0.2, -0.15) is 11.8 Å². The van der Waals surface area contributed by atoms with Gasteiger partial charge in [0.1, 0.15) is 0 Å². The molecule has 0 aliphatic rings. The summed E-state index contributed by atoms with van der Waals surface area (Å²) in [6.07, 6.45) is 0.892. The van der Waals surface area contributed by atoms with Gasteiger partial charge in [-0.05, 0) is 19.0 Å². The first-order valence-corrected chi connectivity index (χ1v) is 6.72. The predicted octanol–water partition coefficient (Wildman–Crippen LogP) is 3.22. The van der Waals surface area contributed by atoms with Crippen molar-refractivity contribution in [1.82, 2.24) is 0 Å². The maximum Gasteiger partial charge on any atom is 0.274 e. The summed E-state index contributed by atoms with van der Waals surface area (Å²) in [7, 11) is 0. The summed E-state index contributed by atoms with van der Waals surface area (Å²) in [6.45, 7) is 2.68. The van der Waals surface area contributed by atoms with E-state index in [4.69, 9.17) is 17.3 Å². The molecule has 94 valence electrons. The lowest BCUT2D eigenvalue weighted by Gasteiger charge is -2.10. The van der Waals surface area contributed by atoms with Crippen molar-refractivity contribution in [2.45, 2.75) is 24.3 Å². The Bertz CT molecular complexity index is 401. The first kappa shape index (κ1) is 14.3. The molecule has 0 heterocycles. The standard InChI is InChI=1S/C11H15ClN2O2S/c1-8(5-6-13)17-7-9-10(12)3-2-4-11(9)14(15)16/h2-4,8H,5-7,13H2,1H3. The highest BCUT2D eigenvalue weighted by molar-refractivity contribution is 7.99. The van der Waals surface area contributed by atoms with Gasteiger partial charge in [0.2, 0.25) is 0 Å². The summed E-state index contributed by atoms with van der Waals surface area (Å²) in [4.78, 5) is 10.5. The number of hydrogen-bond donors (Lipinski definition) is 1. The fraction of sp³-hybridized carbons (Fsp3) is 0.455. The van der Waals surface area contributed by atoms with Crippen LogP contribution in [0.1, 0.15) is 18.9 Å². The van der Waals surface area contributed by atoms with Crippen molar-refractivity contribution in [2.24, 2.45) is 5.73 Å². The molecule has 17 heavy (non-hydrogen) atoms. The Kier molecular flexibility index (Phi) is 5.74. The molecule has 1 rings (SSSR count). The second-order valence-electron chi connectivity index (χ2n) is 3.69. The molecule has 4 nitrogen and oxygen atoms in total. The molecule has 0 spiro atoms. The third kappa shape index (κ3) is 4.18. The van der Waals surface area contributed by atoms with Crippen LogP contribution in [0.5, 0.6) is 0 Å². The molecular weight excluding hydrogens is 260 g/mol. The summed E-state index contributed by atoms with van der Waals surface area (Å²) in [5, 5.41) is 11.7. The number of nitro benzene ring substituents is 1. The zero-order chi connectivity index (χ0) is 12.8. The highest BCUT2D eigenvalue weighted by atomic mass is 35.5. The molecule has 1 aromatic carbocycles. The Labute approximate surface area is 110 Å². The number of rotatable bonds is 6. The molecule has 0 aliphatic heterocycles. The number of benzene rings is 1. The molecule has 0 amide bonds. The van der Waals surface area contributed by atoms with E-state index in [0.717, 1.165) is 6.42 Å². The van der Waals surface area contributed by atoms with Crippen LogP contribution in [0, 0.1) is 10.1 Å². The fourth-order valence-electron chi connectivity index (χ4n) is 1.40. The van der Waals surface area contributed by atoms with Crippen LogP contribution in [-0.4, -0.2) is 16.7 Å². The van der Waals surface area contributed by atoms with Crippen LogP contribution in [0.3, 0.4) is 0 Å². The van der Waals surface area contributed by atoms with E-state index < -0.39 is 4.92 Å². The minimum atomic E-state index is -0.393. The number of thioether (sulfide) groups is 1. The van der Waals surface area contributed by atoms with Gasteiger partial charge >= 0.3 is 0 Å². The van der Waals surface area contributed by atoms with Gasteiger partial charge in [-0.15, -0.1) is 0 Å². The van der Waals surface area contributed by atoms with Gasteiger partial charge in [0.15, 0.2) is 0 Å². The van der Waals surface area contributed by atoms with E-state index in [1.807, 2.05) is 0 Å². The molecule has 0 fully saturated rings. The van der Waals surface area contributed by atoms with Crippen LogP contribution in [0.25, 0.3) is 0 Å². The van der Waals surface area contributed by atoms with Gasteiger partial charge in [-0.25, -0.2) is 0 Å². The number of nitrogens with zero attached hydrogens (tertiary/aromatic N) is 1. The molecule has 6 heteroatoms. The molecule has 0 aromatic heterocycles. The Morgan fingerprint density at radius 3 is 2.88 bits per heavy atom. The minimum absolute atomic E-state index is 0.0879. The van der Waals surface area contributed by atoms with E-state index in [0.29, 0.717) is 28.1 Å². The van der Waals surface area contributed by atoms with E-state index in [1.165, 1.54) is 6.07 Å². The van der Waals surface area contributed by atoms with Crippen LogP contribution in [0.2, 0.25) is 5.02 Å². The van der Waals surface area contributed by atoms with Crippen LogP contribution >= 0.6 is 23.4 Å². The Morgan fingerprint density at radius 1 is 1.59 bits per heavy atom. The van der Waals surface area contributed by atoms with Crippen LogP contribution in [-0.2, 0) is 5.75 Å². The van der Waals surface area contributed by atoms with Crippen molar-refractivity contribution in [2.75, 3.05) is 6.54 Å². The first-order chi connectivity index (χ1) is 8.06. The topological polar surface area (TPSA) is 69.2 Å². The van der Waals surface area contributed by atoms with Gasteiger partial charge in [0.25, 0.3) is 5.69 Å². The summed E-state index contributed by atoms with van der Waals surface area (Å²) in [5.74, 6) is 0.539. The summed E-state index contributed by atoms with van der Waals surface area (Å²) >= 11 is 7.62. The molecule has 0 aliphatic carbocycles. The number of nitro groups is 1. The second-order valence-corrected chi connectivity index (χ2v) is 5.53. The van der Waals surface area contributed by atoms with Gasteiger partial charge in [0.05, 0.1) is 15.5 Å². The van der Waals surface area contributed by atoms with Crippen molar-refractivity contribution >= 4 is 29.1 Å². The Morgan fingerprint density at radius 2 is 2.29 bits per heavy atom. The van der Waals surface area contributed by atoms with Crippen molar-refractivity contribution in [3.63, 3.8) is 0 Å². The largest absolute Gasteiger partial charge is 0.330 e. The van der Waals surface area contributed by atoms with Crippen molar-refractivity contribution < 1.29 is 4.92 Å². The Balaban J connectivity index is 2.79. The van der Waals surface area contributed by atoms with E-state index in [1.54, 1.807) is 23.9 Å². The van der Waals surface area contributed by atoms with Gasteiger partial charge in [-0.1, -0.05) is 24.6 Å². The average molecular weight is 275 g/mol. The minimum Gasteiger partial charge on any atom is -0.330 e. The van der Waals surface area contributed by atoms with E-state index >= 15 is 0 Å². The quantitative estimate of drug-likeness (QED) is 0.639. The van der Waals surface area contributed by atoms with Crippen molar-refractivity contribution in [3.05, 3.63) is 38.9 Å². The molecular formula is C11H15ClN2O2S. The second kappa shape index (κ2) is 6.83. The van der Waals surface area contributed by atoms with Crippen LogP contribution in [0.4, 0.5) is 5.69 Å². The molecule has 2 N–H and O–H groups in total. The monoisotopic (exact) mass is 274 g/mol. The molecule has 0 bridgehead atoms. The lowest BCUT2D eigenvalue weighted by molar-refractivity contribution is -0.385. The van der Waals surface area contributed by atoms with Gasteiger partial charge in [0, 0.05) is 17.1 Å². The third-order valence-electron chi connectivity index (χ3n) is 2.38. The maximum absolute atomic E-state index is 10.9. The molecule has 0 saturated carbocycles. The third-order valence-corrected chi connectivity index (χ3v) is 3.99. The summed E-state index contributed by atoms with van der Waals surface area (Å²) in [5.41, 5.74) is 6.14. The molecule has 0 radical (unpaired) electrons. The smallest absolute Gasteiger partial charge is 0.274 e. The van der Waals surface area contributed by atoms with E-state index in [-0.39, 0.29) is 5.69 Å². The predicted molar refractivity (Wildman–Crippen MR) is 72.5 cm³/mol. The summed E-state index contributed by atoms with van der Waals surface area (Å²) in [6, 6.07) is 4.76. The molecule has 1 atom stereocenters. The fourth-order valence-corrected chi connectivity index (χ4v) is 2.78.